The van der Waals surface area contributed by atoms with Gasteiger partial charge in [0, 0.05) is 68.4 Å². The molecule has 5 rings (SSSR count). The number of hydrogen-bond donors (Lipinski definition) is 0. The van der Waals surface area contributed by atoms with E-state index in [1.54, 1.807) is 0 Å². The van der Waals surface area contributed by atoms with Crippen LogP contribution in [-0.2, 0) is 12.5 Å². The number of hydrogen-bond acceptors (Lipinski definition) is 6. The molecule has 0 unspecified atom stereocenters. The van der Waals surface area contributed by atoms with E-state index in [1.165, 1.54) is 18.5 Å². The number of ether oxygens (including phenoxy) is 1. The quantitative estimate of drug-likeness (QED) is 0.443. The maximum atomic E-state index is 6.05. The summed E-state index contributed by atoms with van der Waals surface area (Å²) in [5, 5.41) is 0. The number of piperazine rings is 1. The summed E-state index contributed by atoms with van der Waals surface area (Å²) in [7, 11) is 2.01. The van der Waals surface area contributed by atoms with E-state index in [4.69, 9.17) is 14.7 Å². The highest BCUT2D eigenvalue weighted by Crippen LogP contribution is 2.40. The van der Waals surface area contributed by atoms with Crippen molar-refractivity contribution in [1.82, 2.24) is 24.4 Å². The van der Waals surface area contributed by atoms with Crippen molar-refractivity contribution in [3.8, 4) is 17.3 Å². The summed E-state index contributed by atoms with van der Waals surface area (Å²) in [6, 6.07) is 12.5. The molecule has 1 saturated heterocycles. The average Bonchev–Trinajstić information content (AvgIpc) is 3.65. The lowest BCUT2D eigenvalue weighted by molar-refractivity contribution is 0.219. The largest absolute Gasteiger partial charge is 0.478 e. The molecule has 1 aliphatic heterocycles. The smallest absolute Gasteiger partial charge is 0.213 e. The maximum absolute atomic E-state index is 6.05. The highest BCUT2D eigenvalue weighted by molar-refractivity contribution is 5.56. The van der Waals surface area contributed by atoms with Crippen LogP contribution >= 0.6 is 0 Å². The van der Waals surface area contributed by atoms with Gasteiger partial charge in [-0.25, -0.2) is 15.0 Å². The summed E-state index contributed by atoms with van der Waals surface area (Å²) < 4.78 is 8.08. The molecular weight excluding hydrogens is 436 g/mol. The van der Waals surface area contributed by atoms with Gasteiger partial charge in [-0.05, 0) is 19.3 Å². The summed E-state index contributed by atoms with van der Waals surface area (Å²) in [5.41, 5.74) is 2.31. The molecule has 2 aliphatic rings. The van der Waals surface area contributed by atoms with Crippen molar-refractivity contribution in [1.29, 1.82) is 0 Å². The Hall–Kier alpha value is -2.93. The van der Waals surface area contributed by atoms with E-state index in [0.29, 0.717) is 12.5 Å². The monoisotopic (exact) mass is 474 g/mol. The Kier molecular flexibility index (Phi) is 6.78. The minimum atomic E-state index is -0.0306. The molecule has 2 fully saturated rings. The first-order valence-corrected chi connectivity index (χ1v) is 13.0. The van der Waals surface area contributed by atoms with E-state index in [9.17, 15) is 0 Å². The van der Waals surface area contributed by atoms with Gasteiger partial charge in [-0.3, -0.25) is 9.47 Å². The van der Waals surface area contributed by atoms with Crippen LogP contribution in [0.5, 0.6) is 5.88 Å². The molecule has 2 aromatic heterocycles. The third kappa shape index (κ3) is 5.67. The third-order valence-corrected chi connectivity index (χ3v) is 6.94. The van der Waals surface area contributed by atoms with Gasteiger partial charge in [-0.1, -0.05) is 51.1 Å². The molecule has 1 saturated carbocycles. The summed E-state index contributed by atoms with van der Waals surface area (Å²) in [5.74, 6) is 4.48. The van der Waals surface area contributed by atoms with Crippen LogP contribution in [0.4, 0.5) is 5.82 Å². The van der Waals surface area contributed by atoms with Gasteiger partial charge in [0.15, 0.2) is 0 Å². The molecule has 0 radical (unpaired) electrons. The lowest BCUT2D eigenvalue weighted by Crippen LogP contribution is -2.47. The maximum Gasteiger partial charge on any atom is 0.213 e. The molecule has 186 valence electrons. The normalized spacial score (nSPS) is 17.1. The Bertz CT molecular complexity index is 1120. The number of anilines is 1. The second-order valence-electron chi connectivity index (χ2n) is 10.9. The van der Waals surface area contributed by atoms with Gasteiger partial charge in [0.1, 0.15) is 17.5 Å². The predicted molar refractivity (Wildman–Crippen MR) is 140 cm³/mol. The van der Waals surface area contributed by atoms with Crippen LogP contribution in [0.25, 0.3) is 11.4 Å². The summed E-state index contributed by atoms with van der Waals surface area (Å²) >= 11 is 0. The zero-order valence-electron chi connectivity index (χ0n) is 21.6. The van der Waals surface area contributed by atoms with Crippen LogP contribution in [0.3, 0.4) is 0 Å². The van der Waals surface area contributed by atoms with Gasteiger partial charge in [0.05, 0.1) is 12.8 Å². The Morgan fingerprint density at radius 1 is 1.00 bits per heavy atom. The van der Waals surface area contributed by atoms with E-state index in [1.807, 2.05) is 36.0 Å². The van der Waals surface area contributed by atoms with E-state index in [-0.39, 0.29) is 5.41 Å². The first kappa shape index (κ1) is 23.8. The van der Waals surface area contributed by atoms with E-state index >= 15 is 0 Å². The fourth-order valence-corrected chi connectivity index (χ4v) is 4.59. The number of rotatable bonds is 8. The summed E-state index contributed by atoms with van der Waals surface area (Å²) in [6.45, 7) is 12.5. The number of benzene rings is 1. The van der Waals surface area contributed by atoms with Crippen LogP contribution in [0.15, 0.2) is 42.6 Å². The second-order valence-corrected chi connectivity index (χ2v) is 10.9. The van der Waals surface area contributed by atoms with Crippen molar-refractivity contribution in [2.24, 2.45) is 7.05 Å². The summed E-state index contributed by atoms with van der Waals surface area (Å²) in [4.78, 5) is 19.4. The van der Waals surface area contributed by atoms with Gasteiger partial charge in [0.2, 0.25) is 5.88 Å². The standard InChI is InChI=1S/C28H38N6O/c1-28(2,3)27-30-23(21-11-12-21)19-24(31-27)34-16-14-33(15-17-34)13-8-18-35-25-20-29-26(32(25)4)22-9-6-5-7-10-22/h5-7,9-10,19-21H,8,11-18H2,1-4H3. The molecule has 35 heavy (non-hydrogen) atoms. The van der Waals surface area contributed by atoms with Crippen molar-refractivity contribution in [2.75, 3.05) is 44.2 Å². The van der Waals surface area contributed by atoms with Crippen LogP contribution in [0, 0.1) is 0 Å². The van der Waals surface area contributed by atoms with Gasteiger partial charge >= 0.3 is 0 Å². The average molecular weight is 475 g/mol. The van der Waals surface area contributed by atoms with Gasteiger partial charge in [-0.15, -0.1) is 0 Å². The van der Waals surface area contributed by atoms with Crippen LogP contribution in [0.1, 0.15) is 57.5 Å². The lowest BCUT2D eigenvalue weighted by Gasteiger charge is -2.36. The molecule has 7 nitrogen and oxygen atoms in total. The molecule has 0 atom stereocenters. The Morgan fingerprint density at radius 2 is 1.74 bits per heavy atom. The highest BCUT2D eigenvalue weighted by atomic mass is 16.5. The van der Waals surface area contributed by atoms with Crippen molar-refractivity contribution in [2.45, 2.75) is 51.4 Å². The molecule has 3 heterocycles. The molecule has 1 aliphatic carbocycles. The zero-order chi connectivity index (χ0) is 24.4. The minimum absolute atomic E-state index is 0.0306. The minimum Gasteiger partial charge on any atom is -0.478 e. The van der Waals surface area contributed by atoms with Crippen molar-refractivity contribution >= 4 is 5.82 Å². The molecule has 0 amide bonds. The SMILES string of the molecule is Cn1c(OCCCN2CCN(c3cc(C4CC4)nc(C(C)(C)C)n3)CC2)cnc1-c1ccccc1. The first-order valence-electron chi connectivity index (χ1n) is 13.0. The second kappa shape index (κ2) is 9.97. The fraction of sp³-hybridized carbons (Fsp3) is 0.536. The molecule has 3 aromatic rings. The molecule has 1 aromatic carbocycles. The predicted octanol–water partition coefficient (Wildman–Crippen LogP) is 4.64. The number of imidazole rings is 1. The van der Waals surface area contributed by atoms with Crippen molar-refractivity contribution < 1.29 is 4.74 Å². The third-order valence-electron chi connectivity index (χ3n) is 6.94. The fourth-order valence-electron chi connectivity index (χ4n) is 4.59. The number of nitrogens with zero attached hydrogens (tertiary/aromatic N) is 6. The molecule has 0 spiro atoms. The topological polar surface area (TPSA) is 59.3 Å². The summed E-state index contributed by atoms with van der Waals surface area (Å²) in [6.07, 6.45) is 5.36. The van der Waals surface area contributed by atoms with E-state index in [0.717, 1.165) is 68.1 Å². The van der Waals surface area contributed by atoms with Crippen molar-refractivity contribution in [3.05, 3.63) is 54.1 Å². The number of aromatic nitrogens is 4. The van der Waals surface area contributed by atoms with Crippen LogP contribution in [0.2, 0.25) is 0 Å². The van der Waals surface area contributed by atoms with E-state index in [2.05, 4.69) is 53.8 Å². The highest BCUT2D eigenvalue weighted by Gasteiger charge is 2.29. The Morgan fingerprint density at radius 3 is 2.43 bits per heavy atom. The van der Waals surface area contributed by atoms with Gasteiger partial charge < -0.3 is 9.64 Å². The van der Waals surface area contributed by atoms with E-state index < -0.39 is 0 Å². The zero-order valence-corrected chi connectivity index (χ0v) is 21.6. The first-order chi connectivity index (χ1) is 16.9. The molecule has 0 bridgehead atoms. The molecule has 7 heteroatoms. The Balaban J connectivity index is 1.10. The molecule has 0 N–H and O–H groups in total. The van der Waals surface area contributed by atoms with Gasteiger partial charge in [0.25, 0.3) is 0 Å². The lowest BCUT2D eigenvalue weighted by atomic mass is 9.95. The Labute approximate surface area is 209 Å². The van der Waals surface area contributed by atoms with Crippen molar-refractivity contribution in [3.63, 3.8) is 0 Å². The van der Waals surface area contributed by atoms with Crippen LogP contribution in [-0.4, -0.2) is 63.7 Å². The van der Waals surface area contributed by atoms with Gasteiger partial charge in [-0.2, -0.15) is 0 Å². The van der Waals surface area contributed by atoms with Crippen LogP contribution < -0.4 is 9.64 Å². The molecular formula is C28H38N6O.